The summed E-state index contributed by atoms with van der Waals surface area (Å²) < 4.78 is 0. The highest BCUT2D eigenvalue weighted by Gasteiger charge is 2.24. The largest absolute Gasteiger partial charge is 0.341 e. The smallest absolute Gasteiger partial charge is 0.253 e. The second-order valence-corrected chi connectivity index (χ2v) is 4.81. The van der Waals surface area contributed by atoms with E-state index in [9.17, 15) is 14.4 Å². The maximum atomic E-state index is 11.5. The molecule has 1 unspecified atom stereocenters. The molecule has 0 saturated heterocycles. The molecule has 0 aliphatic carbocycles. The fourth-order valence-corrected chi connectivity index (χ4v) is 2.00. The average molecular weight is 267 g/mol. The van der Waals surface area contributed by atoms with E-state index in [1.807, 2.05) is 6.92 Å². The van der Waals surface area contributed by atoms with E-state index in [4.69, 9.17) is 5.73 Å². The molecule has 0 aromatic heterocycles. The Kier molecular flexibility index (Phi) is 5.69. The van der Waals surface area contributed by atoms with E-state index < -0.39 is 0 Å². The van der Waals surface area contributed by atoms with Crippen LogP contribution in [-0.4, -0.2) is 53.7 Å². The number of carbonyl (C=O) groups excluding carboxylic acids is 3. The molecule has 1 rings (SSSR count). The Morgan fingerprint density at radius 3 is 2.42 bits per heavy atom. The summed E-state index contributed by atoms with van der Waals surface area (Å²) in [6, 6.07) is 0. The third-order valence-electron chi connectivity index (χ3n) is 3.13. The Morgan fingerprint density at radius 2 is 1.95 bits per heavy atom. The van der Waals surface area contributed by atoms with E-state index in [0.29, 0.717) is 25.6 Å². The summed E-state index contributed by atoms with van der Waals surface area (Å²) in [5.41, 5.74) is 5.48. The molecule has 19 heavy (non-hydrogen) atoms. The number of amides is 3. The number of nitrogens with zero attached hydrogens (tertiary/aromatic N) is 2. The van der Waals surface area contributed by atoms with Crippen molar-refractivity contribution < 1.29 is 14.4 Å². The van der Waals surface area contributed by atoms with Crippen LogP contribution in [-0.2, 0) is 14.4 Å². The zero-order valence-electron chi connectivity index (χ0n) is 11.5. The lowest BCUT2D eigenvalue weighted by Crippen LogP contribution is -2.42. The quantitative estimate of drug-likeness (QED) is 0.644. The zero-order valence-corrected chi connectivity index (χ0v) is 11.5. The number of hydrogen-bond donors (Lipinski definition) is 1. The van der Waals surface area contributed by atoms with Crippen LogP contribution in [0.25, 0.3) is 0 Å². The van der Waals surface area contributed by atoms with Gasteiger partial charge in [-0.05, 0) is 18.9 Å². The van der Waals surface area contributed by atoms with Gasteiger partial charge in [0.05, 0.1) is 0 Å². The van der Waals surface area contributed by atoms with Crippen LogP contribution in [0.15, 0.2) is 12.2 Å². The summed E-state index contributed by atoms with van der Waals surface area (Å²) in [4.78, 5) is 37.1. The van der Waals surface area contributed by atoms with E-state index in [-0.39, 0.29) is 24.3 Å². The summed E-state index contributed by atoms with van der Waals surface area (Å²) in [6.45, 7) is 5.29. The van der Waals surface area contributed by atoms with Crippen LogP contribution in [0.2, 0.25) is 0 Å². The normalized spacial score (nSPS) is 16.1. The Balaban J connectivity index is 2.48. The number of rotatable bonds is 7. The molecule has 1 aliphatic heterocycles. The number of hydrogen-bond acceptors (Lipinski definition) is 4. The van der Waals surface area contributed by atoms with Crippen molar-refractivity contribution >= 4 is 17.7 Å². The highest BCUT2D eigenvalue weighted by molar-refractivity contribution is 6.12. The second-order valence-electron chi connectivity index (χ2n) is 4.81. The van der Waals surface area contributed by atoms with Crippen molar-refractivity contribution in [3.05, 3.63) is 12.2 Å². The molecule has 6 heteroatoms. The van der Waals surface area contributed by atoms with Gasteiger partial charge in [-0.3, -0.25) is 19.3 Å². The topological polar surface area (TPSA) is 83.7 Å². The van der Waals surface area contributed by atoms with E-state index >= 15 is 0 Å². The Hall–Kier alpha value is -1.69. The molecule has 3 amide bonds. The molecule has 1 heterocycles. The molecule has 0 bridgehead atoms. The van der Waals surface area contributed by atoms with Gasteiger partial charge in [0.25, 0.3) is 11.8 Å². The lowest BCUT2D eigenvalue weighted by Gasteiger charge is -2.26. The fraction of sp³-hybridized carbons (Fsp3) is 0.615. The summed E-state index contributed by atoms with van der Waals surface area (Å²) in [5, 5.41) is 0. The summed E-state index contributed by atoms with van der Waals surface area (Å²) in [7, 11) is 0. The zero-order chi connectivity index (χ0) is 14.4. The van der Waals surface area contributed by atoms with Crippen molar-refractivity contribution in [2.75, 3.05) is 26.2 Å². The van der Waals surface area contributed by atoms with Crippen molar-refractivity contribution in [2.24, 2.45) is 11.7 Å². The Bertz CT molecular complexity index is 375. The van der Waals surface area contributed by atoms with Crippen molar-refractivity contribution in [3.63, 3.8) is 0 Å². The first kappa shape index (κ1) is 15.4. The van der Waals surface area contributed by atoms with Crippen molar-refractivity contribution in [1.29, 1.82) is 0 Å². The molecule has 0 spiro atoms. The molecule has 6 nitrogen and oxygen atoms in total. The maximum absolute atomic E-state index is 11.5. The standard InChI is InChI=1S/C13H21N3O3/c1-10(5-6-14)9-15(11(2)17)7-8-16-12(18)3-4-13(16)19/h3-4,10H,5-9,14H2,1-2H3. The molecule has 2 N–H and O–H groups in total. The van der Waals surface area contributed by atoms with Gasteiger partial charge in [0.1, 0.15) is 0 Å². The van der Waals surface area contributed by atoms with Gasteiger partial charge in [-0.2, -0.15) is 0 Å². The van der Waals surface area contributed by atoms with Gasteiger partial charge in [-0.25, -0.2) is 0 Å². The van der Waals surface area contributed by atoms with Crippen LogP contribution in [0, 0.1) is 5.92 Å². The predicted octanol–water partition coefficient (Wildman–Crippen LogP) is -0.255. The lowest BCUT2D eigenvalue weighted by atomic mass is 10.1. The van der Waals surface area contributed by atoms with Crippen molar-refractivity contribution in [1.82, 2.24) is 9.80 Å². The van der Waals surface area contributed by atoms with Crippen LogP contribution in [0.5, 0.6) is 0 Å². The lowest BCUT2D eigenvalue weighted by molar-refractivity contribution is -0.139. The van der Waals surface area contributed by atoms with Crippen LogP contribution in [0.1, 0.15) is 20.3 Å². The Morgan fingerprint density at radius 1 is 1.37 bits per heavy atom. The minimum atomic E-state index is -0.316. The van der Waals surface area contributed by atoms with Crippen LogP contribution in [0.3, 0.4) is 0 Å². The summed E-state index contributed by atoms with van der Waals surface area (Å²) in [5.74, 6) is -0.389. The van der Waals surface area contributed by atoms with Gasteiger partial charge in [0.2, 0.25) is 5.91 Å². The van der Waals surface area contributed by atoms with Gasteiger partial charge < -0.3 is 10.6 Å². The number of imide groups is 1. The first-order chi connectivity index (χ1) is 8.95. The highest BCUT2D eigenvalue weighted by Crippen LogP contribution is 2.07. The number of carbonyl (C=O) groups is 3. The minimum Gasteiger partial charge on any atom is -0.341 e. The van der Waals surface area contributed by atoms with Gasteiger partial charge >= 0.3 is 0 Å². The van der Waals surface area contributed by atoms with Crippen LogP contribution < -0.4 is 5.73 Å². The summed E-state index contributed by atoms with van der Waals surface area (Å²) in [6.07, 6.45) is 3.34. The first-order valence-corrected chi connectivity index (χ1v) is 6.44. The first-order valence-electron chi connectivity index (χ1n) is 6.44. The average Bonchev–Trinajstić information content (AvgIpc) is 2.65. The molecule has 0 fully saturated rings. The van der Waals surface area contributed by atoms with E-state index in [0.717, 1.165) is 11.3 Å². The van der Waals surface area contributed by atoms with E-state index in [1.54, 1.807) is 4.90 Å². The van der Waals surface area contributed by atoms with Crippen molar-refractivity contribution in [2.45, 2.75) is 20.3 Å². The monoisotopic (exact) mass is 267 g/mol. The molecular formula is C13H21N3O3. The maximum Gasteiger partial charge on any atom is 0.253 e. The molecular weight excluding hydrogens is 246 g/mol. The minimum absolute atomic E-state index is 0.0593. The van der Waals surface area contributed by atoms with Gasteiger partial charge in [-0.1, -0.05) is 6.92 Å². The second kappa shape index (κ2) is 7.04. The van der Waals surface area contributed by atoms with E-state index in [1.165, 1.54) is 19.1 Å². The van der Waals surface area contributed by atoms with Crippen molar-refractivity contribution in [3.8, 4) is 0 Å². The third-order valence-corrected chi connectivity index (χ3v) is 3.13. The summed E-state index contributed by atoms with van der Waals surface area (Å²) >= 11 is 0. The SMILES string of the molecule is CC(=O)N(CCN1C(=O)C=CC1=O)CC(C)CCN. The molecule has 0 radical (unpaired) electrons. The van der Waals surface area contributed by atoms with Gasteiger partial charge in [0, 0.05) is 38.7 Å². The number of nitrogens with two attached hydrogens (primary N) is 1. The van der Waals surface area contributed by atoms with Crippen LogP contribution in [0.4, 0.5) is 0 Å². The Labute approximate surface area is 113 Å². The van der Waals surface area contributed by atoms with E-state index in [2.05, 4.69) is 0 Å². The fourth-order valence-electron chi connectivity index (χ4n) is 2.00. The highest BCUT2D eigenvalue weighted by atomic mass is 16.2. The van der Waals surface area contributed by atoms with Crippen LogP contribution >= 0.6 is 0 Å². The third kappa shape index (κ3) is 4.48. The predicted molar refractivity (Wildman–Crippen MR) is 70.9 cm³/mol. The molecule has 0 saturated carbocycles. The molecule has 106 valence electrons. The molecule has 0 aromatic carbocycles. The molecule has 1 atom stereocenters. The van der Waals surface area contributed by atoms with Gasteiger partial charge in [-0.15, -0.1) is 0 Å². The molecule has 0 aromatic rings. The molecule has 1 aliphatic rings. The van der Waals surface area contributed by atoms with Gasteiger partial charge in [0.15, 0.2) is 0 Å².